The third kappa shape index (κ3) is 7.89. The highest BCUT2D eigenvalue weighted by Gasteiger charge is 2.24. The maximum atomic E-state index is 11.5. The van der Waals surface area contributed by atoms with Crippen molar-refractivity contribution in [2.75, 3.05) is 13.2 Å². The normalized spacial score (nSPS) is 12.7. The molecule has 2 N–H and O–H groups in total. The molecule has 6 heteroatoms. The van der Waals surface area contributed by atoms with Crippen molar-refractivity contribution in [1.29, 1.82) is 0 Å². The van der Waals surface area contributed by atoms with Crippen molar-refractivity contribution >= 4 is 12.1 Å². The van der Waals surface area contributed by atoms with E-state index in [0.717, 1.165) is 12.8 Å². The van der Waals surface area contributed by atoms with Crippen LogP contribution in [0.25, 0.3) is 0 Å². The van der Waals surface area contributed by atoms with E-state index in [-0.39, 0.29) is 6.61 Å². The summed E-state index contributed by atoms with van der Waals surface area (Å²) in [5.41, 5.74) is -0.657. The molecule has 18 heavy (non-hydrogen) atoms. The van der Waals surface area contributed by atoms with Gasteiger partial charge in [0.25, 0.3) is 0 Å². The number of hydrogen-bond acceptors (Lipinski definition) is 5. The Labute approximate surface area is 108 Å². The second kappa shape index (κ2) is 7.92. The molecule has 0 heterocycles. The van der Waals surface area contributed by atoms with Crippen molar-refractivity contribution in [2.45, 2.75) is 52.2 Å². The second-order valence-corrected chi connectivity index (χ2v) is 4.90. The predicted molar refractivity (Wildman–Crippen MR) is 66.1 cm³/mol. The SMILES string of the molecule is CCCCOC(=O)C(CO)NC(=O)OC(C)(C)C. The van der Waals surface area contributed by atoms with Gasteiger partial charge in [-0.3, -0.25) is 0 Å². The van der Waals surface area contributed by atoms with E-state index < -0.39 is 30.3 Å². The third-order valence-corrected chi connectivity index (χ3v) is 1.90. The molecule has 0 fully saturated rings. The maximum Gasteiger partial charge on any atom is 0.408 e. The molecule has 0 aromatic heterocycles. The van der Waals surface area contributed by atoms with Crippen LogP contribution in [-0.4, -0.2) is 42.0 Å². The molecule has 0 saturated carbocycles. The molecule has 1 unspecified atom stereocenters. The van der Waals surface area contributed by atoms with E-state index >= 15 is 0 Å². The Bertz CT molecular complexity index is 272. The Kier molecular flexibility index (Phi) is 7.35. The summed E-state index contributed by atoms with van der Waals surface area (Å²) in [5.74, 6) is -0.656. The largest absolute Gasteiger partial charge is 0.464 e. The fourth-order valence-electron chi connectivity index (χ4n) is 1.05. The first-order valence-electron chi connectivity index (χ1n) is 6.07. The highest BCUT2D eigenvalue weighted by Crippen LogP contribution is 2.07. The van der Waals surface area contributed by atoms with Crippen LogP contribution >= 0.6 is 0 Å². The van der Waals surface area contributed by atoms with Gasteiger partial charge in [-0.2, -0.15) is 0 Å². The van der Waals surface area contributed by atoms with Crippen LogP contribution in [0.15, 0.2) is 0 Å². The van der Waals surface area contributed by atoms with Gasteiger partial charge in [0, 0.05) is 0 Å². The first-order valence-corrected chi connectivity index (χ1v) is 6.07. The summed E-state index contributed by atoms with van der Waals surface area (Å²) in [6.07, 6.45) is 0.890. The molecule has 1 amide bonds. The fourth-order valence-corrected chi connectivity index (χ4v) is 1.05. The van der Waals surface area contributed by atoms with Gasteiger partial charge >= 0.3 is 12.1 Å². The zero-order valence-electron chi connectivity index (χ0n) is 11.5. The van der Waals surface area contributed by atoms with Crippen LogP contribution in [-0.2, 0) is 14.3 Å². The van der Waals surface area contributed by atoms with Crippen LogP contribution in [0.5, 0.6) is 0 Å². The molecular weight excluding hydrogens is 238 g/mol. The molecule has 0 rings (SSSR count). The minimum Gasteiger partial charge on any atom is -0.464 e. The minimum atomic E-state index is -1.09. The lowest BCUT2D eigenvalue weighted by Crippen LogP contribution is -2.46. The Morgan fingerprint density at radius 2 is 1.94 bits per heavy atom. The predicted octanol–water partition coefficient (Wildman–Crippen LogP) is 1.22. The highest BCUT2D eigenvalue weighted by atomic mass is 16.6. The summed E-state index contributed by atoms with van der Waals surface area (Å²) in [6.45, 7) is 6.85. The number of nitrogens with one attached hydrogen (secondary N) is 1. The summed E-state index contributed by atoms with van der Waals surface area (Å²) in [6, 6.07) is -1.09. The third-order valence-electron chi connectivity index (χ3n) is 1.90. The lowest BCUT2D eigenvalue weighted by Gasteiger charge is -2.22. The Morgan fingerprint density at radius 3 is 2.39 bits per heavy atom. The van der Waals surface area contributed by atoms with Crippen LogP contribution in [0, 0.1) is 0 Å². The molecule has 1 atom stereocenters. The van der Waals surface area contributed by atoms with Crippen LogP contribution < -0.4 is 5.32 Å². The van der Waals surface area contributed by atoms with Gasteiger partial charge in [-0.05, 0) is 27.2 Å². The van der Waals surface area contributed by atoms with Gasteiger partial charge in [0.1, 0.15) is 5.60 Å². The van der Waals surface area contributed by atoms with Gasteiger partial charge in [-0.1, -0.05) is 13.3 Å². The minimum absolute atomic E-state index is 0.280. The number of esters is 1. The van der Waals surface area contributed by atoms with Crippen molar-refractivity contribution in [1.82, 2.24) is 5.32 Å². The Hall–Kier alpha value is -1.30. The van der Waals surface area contributed by atoms with Crippen molar-refractivity contribution in [3.8, 4) is 0 Å². The smallest absolute Gasteiger partial charge is 0.408 e. The number of ether oxygens (including phenoxy) is 2. The van der Waals surface area contributed by atoms with E-state index in [9.17, 15) is 9.59 Å². The number of carbonyl (C=O) groups is 2. The standard InChI is InChI=1S/C12H23NO5/c1-5-6-7-17-10(15)9(8-14)13-11(16)18-12(2,3)4/h9,14H,5-8H2,1-4H3,(H,13,16). The van der Waals surface area contributed by atoms with E-state index in [2.05, 4.69) is 5.32 Å². The molecule has 0 spiro atoms. The van der Waals surface area contributed by atoms with Crippen LogP contribution in [0.1, 0.15) is 40.5 Å². The zero-order chi connectivity index (χ0) is 14.2. The quantitative estimate of drug-likeness (QED) is 0.554. The average molecular weight is 261 g/mol. The van der Waals surface area contributed by atoms with Crippen LogP contribution in [0.4, 0.5) is 4.79 Å². The second-order valence-electron chi connectivity index (χ2n) is 4.90. The molecule has 0 aliphatic carbocycles. The summed E-state index contributed by atoms with van der Waals surface area (Å²) < 4.78 is 9.87. The van der Waals surface area contributed by atoms with Crippen molar-refractivity contribution in [3.63, 3.8) is 0 Å². The van der Waals surface area contributed by atoms with E-state index in [4.69, 9.17) is 14.6 Å². The number of carbonyl (C=O) groups excluding carboxylic acids is 2. The van der Waals surface area contributed by atoms with Gasteiger partial charge in [-0.25, -0.2) is 9.59 Å². The number of unbranched alkanes of at least 4 members (excludes halogenated alkanes) is 1. The molecule has 0 bridgehead atoms. The lowest BCUT2D eigenvalue weighted by atomic mass is 10.2. The van der Waals surface area contributed by atoms with Crippen molar-refractivity contribution in [3.05, 3.63) is 0 Å². The number of aliphatic hydroxyl groups excluding tert-OH is 1. The molecule has 6 nitrogen and oxygen atoms in total. The number of amides is 1. The lowest BCUT2D eigenvalue weighted by molar-refractivity contribution is -0.147. The fraction of sp³-hybridized carbons (Fsp3) is 0.833. The van der Waals surface area contributed by atoms with E-state index in [1.54, 1.807) is 20.8 Å². The summed E-state index contributed by atoms with van der Waals surface area (Å²) in [5, 5.41) is 11.3. The maximum absolute atomic E-state index is 11.5. The number of alkyl carbamates (subject to hydrolysis) is 1. The number of hydrogen-bond donors (Lipinski definition) is 2. The monoisotopic (exact) mass is 261 g/mol. The van der Waals surface area contributed by atoms with Gasteiger partial charge in [0.2, 0.25) is 0 Å². The van der Waals surface area contributed by atoms with Crippen molar-refractivity contribution in [2.24, 2.45) is 0 Å². The van der Waals surface area contributed by atoms with Crippen LogP contribution in [0.2, 0.25) is 0 Å². The summed E-state index contributed by atoms with van der Waals surface area (Å²) in [4.78, 5) is 22.9. The van der Waals surface area contributed by atoms with Gasteiger partial charge < -0.3 is 19.9 Å². The molecule has 0 aliphatic rings. The summed E-state index contributed by atoms with van der Waals surface area (Å²) >= 11 is 0. The molecule has 0 saturated heterocycles. The molecular formula is C12H23NO5. The van der Waals surface area contributed by atoms with Gasteiger partial charge in [0.15, 0.2) is 6.04 Å². The average Bonchev–Trinajstić information content (AvgIpc) is 2.23. The van der Waals surface area contributed by atoms with E-state index in [1.165, 1.54) is 0 Å². The Morgan fingerprint density at radius 1 is 1.33 bits per heavy atom. The van der Waals surface area contributed by atoms with Gasteiger partial charge in [0.05, 0.1) is 13.2 Å². The topological polar surface area (TPSA) is 84.9 Å². The molecule has 0 radical (unpaired) electrons. The number of aliphatic hydroxyl groups is 1. The van der Waals surface area contributed by atoms with E-state index in [0.29, 0.717) is 0 Å². The molecule has 0 aromatic rings. The first-order chi connectivity index (χ1) is 8.30. The molecule has 0 aromatic carbocycles. The first kappa shape index (κ1) is 16.7. The van der Waals surface area contributed by atoms with Crippen molar-refractivity contribution < 1.29 is 24.2 Å². The zero-order valence-corrected chi connectivity index (χ0v) is 11.5. The van der Waals surface area contributed by atoms with E-state index in [1.807, 2.05) is 6.92 Å². The Balaban J connectivity index is 4.17. The number of rotatable bonds is 6. The molecule has 0 aliphatic heterocycles. The van der Waals surface area contributed by atoms with Gasteiger partial charge in [-0.15, -0.1) is 0 Å². The summed E-state index contributed by atoms with van der Waals surface area (Å²) in [7, 11) is 0. The van der Waals surface area contributed by atoms with Crippen LogP contribution in [0.3, 0.4) is 0 Å². The molecule has 106 valence electrons. The highest BCUT2D eigenvalue weighted by molar-refractivity contribution is 5.81.